The predicted molar refractivity (Wildman–Crippen MR) is 161 cm³/mol. The van der Waals surface area contributed by atoms with Gasteiger partial charge in [0.25, 0.3) is 0 Å². The van der Waals surface area contributed by atoms with Gasteiger partial charge in [0.2, 0.25) is 15.9 Å². The third-order valence-electron chi connectivity index (χ3n) is 8.06. The molecule has 2 heterocycles. The molecule has 0 radical (unpaired) electrons. The van der Waals surface area contributed by atoms with E-state index < -0.39 is 40.0 Å². The van der Waals surface area contributed by atoms with Crippen LogP contribution in [0.3, 0.4) is 0 Å². The Hall–Kier alpha value is -4.47. The molecule has 0 N–H and O–H groups in total. The molecule has 0 saturated carbocycles. The molecule has 220 valence electrons. The molecular formula is C34H32N2O6S. The molecule has 43 heavy (non-hydrogen) atoms. The molecule has 0 aromatic heterocycles. The van der Waals surface area contributed by atoms with E-state index in [0.29, 0.717) is 17.9 Å². The lowest BCUT2D eigenvalue weighted by atomic mass is 9.92. The highest BCUT2D eigenvalue weighted by atomic mass is 32.2. The average Bonchev–Trinajstić information content (AvgIpc) is 3.66. The maximum Gasteiger partial charge on any atom is 0.417 e. The number of imide groups is 1. The third kappa shape index (κ3) is 5.78. The van der Waals surface area contributed by atoms with Crippen LogP contribution < -0.4 is 4.74 Å². The Labute approximate surface area is 251 Å². The lowest BCUT2D eigenvalue weighted by molar-refractivity contribution is -0.134. The van der Waals surface area contributed by atoms with E-state index >= 15 is 0 Å². The molecule has 6 rings (SSSR count). The van der Waals surface area contributed by atoms with Gasteiger partial charge in [-0.1, -0.05) is 90.5 Å². The molecule has 0 bridgehead atoms. The molecule has 2 aliphatic heterocycles. The van der Waals surface area contributed by atoms with E-state index in [2.05, 4.69) is 0 Å². The van der Waals surface area contributed by atoms with Gasteiger partial charge in [0.05, 0.1) is 16.9 Å². The minimum atomic E-state index is -3.96. The first-order valence-corrected chi connectivity index (χ1v) is 15.7. The lowest BCUT2D eigenvalue weighted by Gasteiger charge is -2.30. The van der Waals surface area contributed by atoms with E-state index in [4.69, 9.17) is 9.47 Å². The molecule has 0 unspecified atom stereocenters. The van der Waals surface area contributed by atoms with Crippen molar-refractivity contribution in [2.45, 2.75) is 36.9 Å². The van der Waals surface area contributed by atoms with Crippen LogP contribution in [0, 0.1) is 12.8 Å². The first-order valence-electron chi connectivity index (χ1n) is 14.2. The quantitative estimate of drug-likeness (QED) is 0.246. The van der Waals surface area contributed by atoms with Crippen molar-refractivity contribution < 1.29 is 27.5 Å². The average molecular weight is 597 g/mol. The maximum atomic E-state index is 14.2. The summed E-state index contributed by atoms with van der Waals surface area (Å²) in [5.41, 5.74) is 3.38. The van der Waals surface area contributed by atoms with Crippen LogP contribution in [-0.2, 0) is 26.2 Å². The Kier molecular flexibility index (Phi) is 8.01. The SMILES string of the molecule is Cc1ccc(S(=O)(=O)N2CC[C@@H](C(=O)N3C(=O)OC[C@@H]3c3ccccc3)[C@H]2c2ccc(OCc3ccccc3)cc2)cc1. The minimum absolute atomic E-state index is 0.0464. The second-order valence-electron chi connectivity index (χ2n) is 10.8. The number of sulfonamides is 1. The molecule has 3 atom stereocenters. The van der Waals surface area contributed by atoms with E-state index in [-0.39, 0.29) is 24.5 Å². The van der Waals surface area contributed by atoms with E-state index in [1.807, 2.05) is 67.6 Å². The number of nitrogens with zero attached hydrogens (tertiary/aromatic N) is 2. The molecule has 2 aliphatic rings. The fraction of sp³-hybridized carbons (Fsp3) is 0.235. The monoisotopic (exact) mass is 596 g/mol. The molecule has 2 saturated heterocycles. The van der Waals surface area contributed by atoms with Crippen molar-refractivity contribution in [2.75, 3.05) is 13.2 Å². The first kappa shape index (κ1) is 28.6. The smallest absolute Gasteiger partial charge is 0.417 e. The Morgan fingerprint density at radius 3 is 2.19 bits per heavy atom. The van der Waals surface area contributed by atoms with Crippen molar-refractivity contribution in [1.82, 2.24) is 9.21 Å². The highest BCUT2D eigenvalue weighted by Crippen LogP contribution is 2.44. The largest absolute Gasteiger partial charge is 0.489 e. The summed E-state index contributed by atoms with van der Waals surface area (Å²) in [5, 5.41) is 0. The van der Waals surface area contributed by atoms with Crippen molar-refractivity contribution >= 4 is 22.0 Å². The molecule has 0 spiro atoms. The van der Waals surface area contributed by atoms with Crippen LogP contribution in [0.4, 0.5) is 4.79 Å². The summed E-state index contributed by atoms with van der Waals surface area (Å²) in [7, 11) is -3.96. The van der Waals surface area contributed by atoms with Crippen LogP contribution in [0.1, 0.15) is 40.8 Å². The van der Waals surface area contributed by atoms with Gasteiger partial charge < -0.3 is 9.47 Å². The normalized spacial score (nSPS) is 20.6. The minimum Gasteiger partial charge on any atom is -0.489 e. The van der Waals surface area contributed by atoms with Crippen molar-refractivity contribution in [3.8, 4) is 5.75 Å². The number of carbonyl (C=O) groups excluding carboxylic acids is 2. The topological polar surface area (TPSA) is 93.2 Å². The standard InChI is InChI=1S/C34H32N2O6S/c1-24-12-18-29(19-13-24)43(39,40)35-21-20-30(33(37)36-31(23-42-34(36)38)26-10-6-3-7-11-26)32(35)27-14-16-28(17-15-27)41-22-25-8-4-2-5-9-25/h2-19,30-32H,20-23H2,1H3/t30-,31-,32-/m1/s1. The highest BCUT2D eigenvalue weighted by molar-refractivity contribution is 7.89. The summed E-state index contributed by atoms with van der Waals surface area (Å²) in [5.74, 6) is -0.630. The zero-order chi connectivity index (χ0) is 30.0. The number of amides is 2. The number of benzene rings is 4. The number of carbonyl (C=O) groups is 2. The van der Waals surface area contributed by atoms with Gasteiger partial charge in [-0.2, -0.15) is 4.31 Å². The number of cyclic esters (lactones) is 1. The molecule has 2 amide bonds. The Balaban J connectivity index is 1.33. The van der Waals surface area contributed by atoms with Gasteiger partial charge in [-0.05, 0) is 54.3 Å². The molecule has 9 heteroatoms. The Bertz CT molecular complexity index is 1690. The number of hydrogen-bond donors (Lipinski definition) is 0. The van der Waals surface area contributed by atoms with Crippen molar-refractivity contribution in [3.63, 3.8) is 0 Å². The van der Waals surface area contributed by atoms with E-state index in [1.165, 1.54) is 4.31 Å². The van der Waals surface area contributed by atoms with Crippen LogP contribution in [0.25, 0.3) is 0 Å². The zero-order valence-corrected chi connectivity index (χ0v) is 24.5. The lowest BCUT2D eigenvalue weighted by Crippen LogP contribution is -2.41. The van der Waals surface area contributed by atoms with Crippen LogP contribution in [0.5, 0.6) is 5.75 Å². The van der Waals surface area contributed by atoms with Gasteiger partial charge in [0.15, 0.2) is 0 Å². The van der Waals surface area contributed by atoms with Gasteiger partial charge in [0.1, 0.15) is 25.0 Å². The Morgan fingerprint density at radius 1 is 0.860 bits per heavy atom. The van der Waals surface area contributed by atoms with Crippen LogP contribution in [0.2, 0.25) is 0 Å². The van der Waals surface area contributed by atoms with Crippen molar-refractivity contribution in [3.05, 3.63) is 131 Å². The first-order chi connectivity index (χ1) is 20.8. The van der Waals surface area contributed by atoms with E-state index in [0.717, 1.165) is 21.6 Å². The van der Waals surface area contributed by atoms with Gasteiger partial charge in [-0.3, -0.25) is 4.79 Å². The molecule has 8 nitrogen and oxygen atoms in total. The summed E-state index contributed by atoms with van der Waals surface area (Å²) < 4.78 is 40.6. The molecule has 4 aromatic rings. The Morgan fingerprint density at radius 2 is 1.51 bits per heavy atom. The number of aryl methyl sites for hydroxylation is 1. The maximum absolute atomic E-state index is 14.2. The van der Waals surface area contributed by atoms with Gasteiger partial charge in [-0.25, -0.2) is 18.1 Å². The predicted octanol–water partition coefficient (Wildman–Crippen LogP) is 6.05. The third-order valence-corrected chi connectivity index (χ3v) is 9.96. The number of hydrogen-bond acceptors (Lipinski definition) is 6. The van der Waals surface area contributed by atoms with Gasteiger partial charge in [0, 0.05) is 6.54 Å². The zero-order valence-electron chi connectivity index (χ0n) is 23.7. The second kappa shape index (κ2) is 12.0. The summed E-state index contributed by atoms with van der Waals surface area (Å²) >= 11 is 0. The number of ether oxygens (including phenoxy) is 2. The fourth-order valence-corrected chi connectivity index (χ4v) is 7.47. The van der Waals surface area contributed by atoms with Crippen molar-refractivity contribution in [2.24, 2.45) is 5.92 Å². The van der Waals surface area contributed by atoms with Crippen LogP contribution in [-0.4, -0.2) is 42.8 Å². The van der Waals surface area contributed by atoms with Crippen molar-refractivity contribution in [1.29, 1.82) is 0 Å². The summed E-state index contributed by atoms with van der Waals surface area (Å²) in [4.78, 5) is 28.4. The van der Waals surface area contributed by atoms with Gasteiger partial charge >= 0.3 is 6.09 Å². The van der Waals surface area contributed by atoms with Crippen LogP contribution in [0.15, 0.2) is 114 Å². The van der Waals surface area contributed by atoms with E-state index in [9.17, 15) is 18.0 Å². The summed E-state index contributed by atoms with van der Waals surface area (Å²) in [6, 6.07) is 31.5. The van der Waals surface area contributed by atoms with Crippen LogP contribution >= 0.6 is 0 Å². The fourth-order valence-electron chi connectivity index (χ4n) is 5.80. The molecular weight excluding hydrogens is 564 g/mol. The molecule has 0 aliphatic carbocycles. The highest BCUT2D eigenvalue weighted by Gasteiger charge is 2.50. The molecule has 4 aromatic carbocycles. The van der Waals surface area contributed by atoms with E-state index in [1.54, 1.807) is 48.5 Å². The summed E-state index contributed by atoms with van der Waals surface area (Å²) in [6.07, 6.45) is -0.464. The number of rotatable bonds is 8. The summed E-state index contributed by atoms with van der Waals surface area (Å²) in [6.45, 7) is 2.45. The van der Waals surface area contributed by atoms with Gasteiger partial charge in [-0.15, -0.1) is 0 Å². The molecule has 2 fully saturated rings. The second-order valence-corrected chi connectivity index (χ2v) is 12.7.